The van der Waals surface area contributed by atoms with Crippen LogP contribution in [0.1, 0.15) is 39.2 Å². The number of piperidine rings is 1. The van der Waals surface area contributed by atoms with E-state index in [0.717, 1.165) is 12.1 Å². The molecule has 29 heavy (non-hydrogen) atoms. The number of carbonyl (C=O) groups is 1. The second-order valence-electron chi connectivity index (χ2n) is 7.95. The van der Waals surface area contributed by atoms with E-state index < -0.39 is 23.4 Å². The van der Waals surface area contributed by atoms with Crippen LogP contribution in [0.3, 0.4) is 0 Å². The van der Waals surface area contributed by atoms with Gasteiger partial charge in [-0.25, -0.2) is 9.48 Å². The van der Waals surface area contributed by atoms with Gasteiger partial charge in [0.2, 0.25) is 0 Å². The summed E-state index contributed by atoms with van der Waals surface area (Å²) in [5.41, 5.74) is -1.11. The molecule has 0 radical (unpaired) electrons. The van der Waals surface area contributed by atoms with Gasteiger partial charge in [0.1, 0.15) is 17.5 Å². The minimum Gasteiger partial charge on any atom is -0.490 e. The van der Waals surface area contributed by atoms with E-state index in [1.54, 1.807) is 37.9 Å². The van der Waals surface area contributed by atoms with Crippen LogP contribution in [0.15, 0.2) is 36.7 Å². The van der Waals surface area contributed by atoms with E-state index >= 15 is 0 Å². The van der Waals surface area contributed by atoms with E-state index in [9.17, 15) is 18.0 Å². The molecule has 0 aliphatic carbocycles. The number of aromatic nitrogens is 2. The first kappa shape index (κ1) is 21.0. The van der Waals surface area contributed by atoms with Crippen molar-refractivity contribution in [1.82, 2.24) is 14.7 Å². The van der Waals surface area contributed by atoms with Gasteiger partial charge in [0.05, 0.1) is 11.3 Å². The number of halogens is 3. The van der Waals surface area contributed by atoms with Gasteiger partial charge >= 0.3 is 12.3 Å². The molecular formula is C20H24F3N3O3. The Kier molecular flexibility index (Phi) is 5.77. The number of benzene rings is 1. The third-order valence-corrected chi connectivity index (χ3v) is 4.38. The molecule has 1 fully saturated rings. The first-order valence-electron chi connectivity index (χ1n) is 9.38. The fourth-order valence-electron chi connectivity index (χ4n) is 3.04. The van der Waals surface area contributed by atoms with Gasteiger partial charge in [-0.3, -0.25) is 0 Å². The van der Waals surface area contributed by atoms with Crippen LogP contribution in [0, 0.1) is 0 Å². The van der Waals surface area contributed by atoms with Crippen LogP contribution in [-0.2, 0) is 10.9 Å². The van der Waals surface area contributed by atoms with Crippen LogP contribution >= 0.6 is 0 Å². The Morgan fingerprint density at radius 3 is 2.38 bits per heavy atom. The Morgan fingerprint density at radius 2 is 1.83 bits per heavy atom. The molecule has 0 bridgehead atoms. The number of alkyl halides is 3. The highest BCUT2D eigenvalue weighted by Crippen LogP contribution is 2.34. The van der Waals surface area contributed by atoms with Crippen molar-refractivity contribution in [1.29, 1.82) is 0 Å². The number of amides is 1. The van der Waals surface area contributed by atoms with E-state index in [4.69, 9.17) is 9.47 Å². The SMILES string of the molecule is CC(C)(C)OC(=O)N1CCC(Oc2cc(-n3cccn3)cc(C(F)(F)F)c2)CC1. The van der Waals surface area contributed by atoms with Crippen molar-refractivity contribution in [2.75, 3.05) is 13.1 Å². The molecule has 0 spiro atoms. The van der Waals surface area contributed by atoms with Crippen LogP contribution in [0.5, 0.6) is 5.75 Å². The summed E-state index contributed by atoms with van der Waals surface area (Å²) >= 11 is 0. The fraction of sp³-hybridized carbons (Fsp3) is 0.500. The van der Waals surface area contributed by atoms with Crippen LogP contribution in [0.4, 0.5) is 18.0 Å². The van der Waals surface area contributed by atoms with Crippen LogP contribution in [0.2, 0.25) is 0 Å². The molecule has 3 rings (SSSR count). The van der Waals surface area contributed by atoms with Crippen molar-refractivity contribution in [3.63, 3.8) is 0 Å². The first-order chi connectivity index (χ1) is 13.5. The zero-order chi connectivity index (χ0) is 21.2. The van der Waals surface area contributed by atoms with Gasteiger partial charge in [-0.15, -0.1) is 0 Å². The summed E-state index contributed by atoms with van der Waals surface area (Å²) in [5, 5.41) is 3.99. The molecule has 158 valence electrons. The normalized spacial score (nSPS) is 16.0. The lowest BCUT2D eigenvalue weighted by molar-refractivity contribution is -0.137. The monoisotopic (exact) mass is 411 g/mol. The molecule has 2 heterocycles. The molecule has 2 aromatic rings. The highest BCUT2D eigenvalue weighted by molar-refractivity contribution is 5.68. The minimum absolute atomic E-state index is 0.126. The highest BCUT2D eigenvalue weighted by atomic mass is 19.4. The number of carbonyl (C=O) groups excluding carboxylic acids is 1. The summed E-state index contributed by atoms with van der Waals surface area (Å²) in [6, 6.07) is 5.19. The summed E-state index contributed by atoms with van der Waals surface area (Å²) in [6.07, 6.45) is -1.11. The maximum atomic E-state index is 13.3. The first-order valence-corrected chi connectivity index (χ1v) is 9.38. The van der Waals surface area contributed by atoms with E-state index in [1.165, 1.54) is 16.9 Å². The van der Waals surface area contributed by atoms with Crippen molar-refractivity contribution in [3.05, 3.63) is 42.2 Å². The Balaban J connectivity index is 1.69. The summed E-state index contributed by atoms with van der Waals surface area (Å²) in [7, 11) is 0. The molecule has 0 unspecified atom stereocenters. The second kappa shape index (κ2) is 7.96. The van der Waals surface area contributed by atoms with Gasteiger partial charge in [-0.1, -0.05) is 0 Å². The molecule has 1 saturated heterocycles. The summed E-state index contributed by atoms with van der Waals surface area (Å²) in [4.78, 5) is 13.7. The standard InChI is InChI=1S/C20H24F3N3O3/c1-19(2,3)29-18(27)25-9-5-16(6-10-25)28-17-12-14(20(21,22)23)11-15(13-17)26-8-4-7-24-26/h4,7-8,11-13,16H,5-6,9-10H2,1-3H3. The van der Waals surface area contributed by atoms with Gasteiger partial charge < -0.3 is 14.4 Å². The predicted molar refractivity (Wildman–Crippen MR) is 100 cm³/mol. The Morgan fingerprint density at radius 1 is 1.14 bits per heavy atom. The second-order valence-corrected chi connectivity index (χ2v) is 7.95. The lowest BCUT2D eigenvalue weighted by atomic mass is 10.1. The Labute approximate surface area is 167 Å². The zero-order valence-electron chi connectivity index (χ0n) is 16.6. The Bertz CT molecular complexity index is 837. The predicted octanol–water partition coefficient (Wildman–Crippen LogP) is 4.67. The zero-order valence-corrected chi connectivity index (χ0v) is 16.6. The maximum absolute atomic E-state index is 13.3. The number of ether oxygens (including phenoxy) is 2. The number of likely N-dealkylation sites (tertiary alicyclic amines) is 1. The topological polar surface area (TPSA) is 56.6 Å². The quantitative estimate of drug-likeness (QED) is 0.737. The van der Waals surface area contributed by atoms with Gasteiger partial charge in [0.25, 0.3) is 0 Å². The fourth-order valence-corrected chi connectivity index (χ4v) is 3.04. The van der Waals surface area contributed by atoms with Gasteiger partial charge in [-0.05, 0) is 39.0 Å². The molecule has 1 aromatic heterocycles. The molecule has 6 nitrogen and oxygen atoms in total. The number of nitrogens with zero attached hydrogens (tertiary/aromatic N) is 3. The molecule has 1 aliphatic rings. The summed E-state index contributed by atoms with van der Waals surface area (Å²) < 4.78 is 52.4. The lowest BCUT2D eigenvalue weighted by Crippen LogP contribution is -2.44. The molecular weight excluding hydrogens is 387 g/mol. The number of hydrogen-bond acceptors (Lipinski definition) is 4. The molecule has 9 heteroatoms. The van der Waals surface area contributed by atoms with Crippen molar-refractivity contribution < 1.29 is 27.4 Å². The van der Waals surface area contributed by atoms with Crippen LogP contribution in [0.25, 0.3) is 5.69 Å². The van der Waals surface area contributed by atoms with Crippen molar-refractivity contribution in [3.8, 4) is 11.4 Å². The summed E-state index contributed by atoms with van der Waals surface area (Å²) in [6.45, 7) is 6.23. The summed E-state index contributed by atoms with van der Waals surface area (Å²) in [5.74, 6) is 0.126. The van der Waals surface area contributed by atoms with E-state index in [0.29, 0.717) is 25.9 Å². The van der Waals surface area contributed by atoms with Crippen molar-refractivity contribution >= 4 is 6.09 Å². The van der Waals surface area contributed by atoms with Crippen LogP contribution in [-0.4, -0.2) is 45.6 Å². The minimum atomic E-state index is -4.50. The number of hydrogen-bond donors (Lipinski definition) is 0. The third-order valence-electron chi connectivity index (χ3n) is 4.38. The average molecular weight is 411 g/mol. The molecule has 0 N–H and O–H groups in total. The average Bonchev–Trinajstić information content (AvgIpc) is 3.14. The molecule has 1 aliphatic heterocycles. The highest BCUT2D eigenvalue weighted by Gasteiger charge is 2.32. The van der Waals surface area contributed by atoms with Gasteiger partial charge in [0, 0.05) is 44.4 Å². The van der Waals surface area contributed by atoms with Gasteiger partial charge in [-0.2, -0.15) is 18.3 Å². The molecule has 0 atom stereocenters. The third kappa shape index (κ3) is 5.65. The molecule has 0 saturated carbocycles. The van der Waals surface area contributed by atoms with Gasteiger partial charge in [0.15, 0.2) is 0 Å². The van der Waals surface area contributed by atoms with Crippen molar-refractivity contribution in [2.24, 2.45) is 0 Å². The molecule has 1 amide bonds. The van der Waals surface area contributed by atoms with E-state index in [2.05, 4.69) is 5.10 Å². The van der Waals surface area contributed by atoms with E-state index in [-0.39, 0.29) is 17.5 Å². The largest absolute Gasteiger partial charge is 0.490 e. The van der Waals surface area contributed by atoms with E-state index in [1.807, 2.05) is 0 Å². The van der Waals surface area contributed by atoms with Crippen molar-refractivity contribution in [2.45, 2.75) is 51.5 Å². The lowest BCUT2D eigenvalue weighted by Gasteiger charge is -2.33. The number of rotatable bonds is 3. The van der Waals surface area contributed by atoms with Crippen LogP contribution < -0.4 is 4.74 Å². The smallest absolute Gasteiger partial charge is 0.416 e. The Hall–Kier alpha value is -2.71. The maximum Gasteiger partial charge on any atom is 0.416 e. The molecule has 1 aromatic carbocycles.